The number of likely N-dealkylation sites (tertiary alicyclic amines) is 1. The van der Waals surface area contributed by atoms with Crippen LogP contribution in [0.4, 0.5) is 0 Å². The van der Waals surface area contributed by atoms with Crippen LogP contribution in [0.15, 0.2) is 0 Å². The van der Waals surface area contributed by atoms with Gasteiger partial charge in [-0.1, -0.05) is 19.8 Å². The van der Waals surface area contributed by atoms with Crippen LogP contribution < -0.4 is 5.73 Å². The zero-order chi connectivity index (χ0) is 10.4. The number of hydrogen-bond donors (Lipinski definition) is 1. The Morgan fingerprint density at radius 2 is 2.07 bits per heavy atom. The summed E-state index contributed by atoms with van der Waals surface area (Å²) in [5, 5.41) is 0. The molecular formula is C12H26N2. The predicted molar refractivity (Wildman–Crippen MR) is 62.3 cm³/mol. The first-order chi connectivity index (χ1) is 6.77. The largest absolute Gasteiger partial charge is 0.330 e. The Morgan fingerprint density at radius 3 is 2.71 bits per heavy atom. The molecule has 0 radical (unpaired) electrons. The highest BCUT2D eigenvalue weighted by atomic mass is 15.2. The van der Waals surface area contributed by atoms with Crippen molar-refractivity contribution in [1.29, 1.82) is 0 Å². The van der Waals surface area contributed by atoms with Crippen LogP contribution in [0.5, 0.6) is 0 Å². The molecule has 1 fully saturated rings. The molecule has 2 unspecified atom stereocenters. The zero-order valence-corrected chi connectivity index (χ0v) is 9.84. The van der Waals surface area contributed by atoms with Gasteiger partial charge in [0.2, 0.25) is 0 Å². The van der Waals surface area contributed by atoms with Gasteiger partial charge in [-0.25, -0.2) is 0 Å². The maximum Gasteiger partial charge on any atom is 0.00671 e. The number of nitrogens with zero attached hydrogens (tertiary/aromatic N) is 1. The highest BCUT2D eigenvalue weighted by Gasteiger charge is 2.23. The minimum absolute atomic E-state index is 0.757. The topological polar surface area (TPSA) is 29.3 Å². The maximum absolute atomic E-state index is 5.74. The molecule has 0 aromatic carbocycles. The van der Waals surface area contributed by atoms with Crippen LogP contribution in [0.1, 0.15) is 46.0 Å². The summed E-state index contributed by atoms with van der Waals surface area (Å²) in [6, 6.07) is 0.787. The fraction of sp³-hybridized carbons (Fsp3) is 1.00. The third-order valence-electron chi connectivity index (χ3n) is 3.49. The molecule has 0 spiro atoms. The second-order valence-corrected chi connectivity index (χ2v) is 4.73. The number of piperidine rings is 1. The highest BCUT2D eigenvalue weighted by Crippen LogP contribution is 2.21. The van der Waals surface area contributed by atoms with Crippen molar-refractivity contribution in [2.45, 2.75) is 52.0 Å². The lowest BCUT2D eigenvalue weighted by molar-refractivity contribution is 0.119. The van der Waals surface area contributed by atoms with Gasteiger partial charge in [-0.2, -0.15) is 0 Å². The van der Waals surface area contributed by atoms with E-state index in [-0.39, 0.29) is 0 Å². The monoisotopic (exact) mass is 198 g/mol. The van der Waals surface area contributed by atoms with Gasteiger partial charge >= 0.3 is 0 Å². The van der Waals surface area contributed by atoms with Crippen LogP contribution in [0, 0.1) is 5.92 Å². The van der Waals surface area contributed by atoms with Gasteiger partial charge in [-0.3, -0.25) is 0 Å². The van der Waals surface area contributed by atoms with Crippen molar-refractivity contribution in [3.8, 4) is 0 Å². The van der Waals surface area contributed by atoms with Gasteiger partial charge in [0.05, 0.1) is 0 Å². The van der Waals surface area contributed by atoms with E-state index in [1.165, 1.54) is 45.2 Å². The molecule has 84 valence electrons. The third kappa shape index (κ3) is 3.58. The zero-order valence-electron chi connectivity index (χ0n) is 9.84. The van der Waals surface area contributed by atoms with Gasteiger partial charge in [-0.05, 0) is 45.2 Å². The standard InChI is InChI=1S/C12H26N2/c1-3-4-5-8-14-10-12(9-13)7-6-11(14)2/h11-12H,3-10,13H2,1-2H3. The van der Waals surface area contributed by atoms with E-state index in [1.807, 2.05) is 0 Å². The molecule has 1 aliphatic heterocycles. The first kappa shape index (κ1) is 12.0. The minimum Gasteiger partial charge on any atom is -0.330 e. The minimum atomic E-state index is 0.757. The van der Waals surface area contributed by atoms with Crippen molar-refractivity contribution in [2.75, 3.05) is 19.6 Å². The fourth-order valence-corrected chi connectivity index (χ4v) is 2.33. The van der Waals surface area contributed by atoms with E-state index in [2.05, 4.69) is 18.7 Å². The predicted octanol–water partition coefficient (Wildman–Crippen LogP) is 2.24. The highest BCUT2D eigenvalue weighted by molar-refractivity contribution is 4.79. The van der Waals surface area contributed by atoms with Gasteiger partial charge in [-0.15, -0.1) is 0 Å². The number of hydrogen-bond acceptors (Lipinski definition) is 2. The van der Waals surface area contributed by atoms with E-state index in [0.29, 0.717) is 0 Å². The SMILES string of the molecule is CCCCCN1CC(CN)CCC1C. The van der Waals surface area contributed by atoms with Gasteiger partial charge in [0.1, 0.15) is 0 Å². The van der Waals surface area contributed by atoms with Crippen molar-refractivity contribution in [1.82, 2.24) is 4.90 Å². The van der Waals surface area contributed by atoms with Crippen LogP contribution in [0.25, 0.3) is 0 Å². The van der Waals surface area contributed by atoms with Gasteiger partial charge in [0, 0.05) is 12.6 Å². The van der Waals surface area contributed by atoms with Crippen molar-refractivity contribution in [2.24, 2.45) is 11.7 Å². The molecule has 0 saturated carbocycles. The molecule has 1 saturated heterocycles. The average molecular weight is 198 g/mol. The molecule has 1 rings (SSSR count). The van der Waals surface area contributed by atoms with Crippen molar-refractivity contribution < 1.29 is 0 Å². The van der Waals surface area contributed by atoms with Crippen LogP contribution in [-0.4, -0.2) is 30.6 Å². The van der Waals surface area contributed by atoms with Crippen molar-refractivity contribution >= 4 is 0 Å². The molecule has 2 N–H and O–H groups in total. The van der Waals surface area contributed by atoms with Crippen molar-refractivity contribution in [3.05, 3.63) is 0 Å². The molecule has 14 heavy (non-hydrogen) atoms. The molecule has 1 aliphatic rings. The second-order valence-electron chi connectivity index (χ2n) is 4.73. The number of unbranched alkanes of at least 4 members (excludes halogenated alkanes) is 2. The molecule has 0 aromatic heterocycles. The second kappa shape index (κ2) is 6.41. The first-order valence-electron chi connectivity index (χ1n) is 6.22. The Kier molecular flexibility index (Phi) is 5.49. The average Bonchev–Trinajstić information content (AvgIpc) is 2.21. The Bertz CT molecular complexity index is 147. The Labute approximate surface area is 88.8 Å². The molecule has 2 nitrogen and oxygen atoms in total. The van der Waals surface area contributed by atoms with Crippen LogP contribution in [0.2, 0.25) is 0 Å². The van der Waals surface area contributed by atoms with E-state index in [0.717, 1.165) is 18.5 Å². The maximum atomic E-state index is 5.74. The summed E-state index contributed by atoms with van der Waals surface area (Å²) in [5.41, 5.74) is 5.74. The molecular weight excluding hydrogens is 172 g/mol. The van der Waals surface area contributed by atoms with Gasteiger partial charge < -0.3 is 10.6 Å². The van der Waals surface area contributed by atoms with E-state index >= 15 is 0 Å². The summed E-state index contributed by atoms with van der Waals surface area (Å²) in [6.45, 7) is 8.02. The molecule has 0 aromatic rings. The smallest absolute Gasteiger partial charge is 0.00671 e. The number of rotatable bonds is 5. The Balaban J connectivity index is 2.25. The van der Waals surface area contributed by atoms with Crippen LogP contribution >= 0.6 is 0 Å². The summed E-state index contributed by atoms with van der Waals surface area (Å²) in [6.07, 6.45) is 6.73. The fourth-order valence-electron chi connectivity index (χ4n) is 2.33. The Hall–Kier alpha value is -0.0800. The molecule has 1 heterocycles. The molecule has 0 aliphatic carbocycles. The summed E-state index contributed by atoms with van der Waals surface area (Å²) >= 11 is 0. The molecule has 2 atom stereocenters. The Morgan fingerprint density at radius 1 is 1.29 bits per heavy atom. The first-order valence-corrected chi connectivity index (χ1v) is 6.22. The normalized spacial score (nSPS) is 29.4. The molecule has 0 bridgehead atoms. The van der Waals surface area contributed by atoms with Gasteiger partial charge in [0.25, 0.3) is 0 Å². The lowest BCUT2D eigenvalue weighted by Gasteiger charge is -2.37. The third-order valence-corrected chi connectivity index (χ3v) is 3.49. The van der Waals surface area contributed by atoms with Crippen LogP contribution in [-0.2, 0) is 0 Å². The quantitative estimate of drug-likeness (QED) is 0.686. The number of nitrogens with two attached hydrogens (primary N) is 1. The van der Waals surface area contributed by atoms with E-state index in [4.69, 9.17) is 5.73 Å². The van der Waals surface area contributed by atoms with E-state index in [1.54, 1.807) is 0 Å². The van der Waals surface area contributed by atoms with Crippen molar-refractivity contribution in [3.63, 3.8) is 0 Å². The summed E-state index contributed by atoms with van der Waals surface area (Å²) in [7, 11) is 0. The summed E-state index contributed by atoms with van der Waals surface area (Å²) in [4.78, 5) is 2.64. The van der Waals surface area contributed by atoms with Gasteiger partial charge in [0.15, 0.2) is 0 Å². The summed E-state index contributed by atoms with van der Waals surface area (Å²) in [5.74, 6) is 0.757. The molecule has 2 heteroatoms. The lowest BCUT2D eigenvalue weighted by atomic mass is 9.93. The van der Waals surface area contributed by atoms with Crippen LogP contribution in [0.3, 0.4) is 0 Å². The van der Waals surface area contributed by atoms with E-state index in [9.17, 15) is 0 Å². The summed E-state index contributed by atoms with van der Waals surface area (Å²) < 4.78 is 0. The lowest BCUT2D eigenvalue weighted by Crippen LogP contribution is -2.44. The van der Waals surface area contributed by atoms with E-state index < -0.39 is 0 Å². The molecule has 0 amide bonds.